The standard InChI is InChI=1S/C30H26N4/c1-3-11-25-21(7-1)29(23-9-5-13-27(23)33-25)31-19-15-17-20(18-16-19)32-30-22-8-2-4-12-26(22)34-28-14-6-10-24(28)30/h1-4,7-8,11-12,15-18H,5-6,9-10,13-14H2,(H,31,33)(H,32,34). The zero-order valence-corrected chi connectivity index (χ0v) is 19.1. The van der Waals surface area contributed by atoms with Gasteiger partial charge in [0.05, 0.1) is 22.4 Å². The molecule has 7 rings (SSSR count). The van der Waals surface area contributed by atoms with Crippen molar-refractivity contribution < 1.29 is 0 Å². The first-order valence-corrected chi connectivity index (χ1v) is 12.3. The fourth-order valence-electron chi connectivity index (χ4n) is 5.63. The van der Waals surface area contributed by atoms with E-state index in [1.165, 1.54) is 57.5 Å². The quantitative estimate of drug-likeness (QED) is 0.308. The average molecular weight is 443 g/mol. The number of benzene rings is 3. The minimum Gasteiger partial charge on any atom is -0.355 e. The van der Waals surface area contributed by atoms with Gasteiger partial charge in [-0.05, 0) is 86.1 Å². The van der Waals surface area contributed by atoms with Crippen molar-refractivity contribution in [1.29, 1.82) is 0 Å². The molecule has 0 saturated carbocycles. The Labute approximate surface area is 199 Å². The van der Waals surface area contributed by atoms with Gasteiger partial charge in [-0.3, -0.25) is 9.97 Å². The van der Waals surface area contributed by atoms with Crippen LogP contribution < -0.4 is 10.6 Å². The number of rotatable bonds is 4. The Morgan fingerprint density at radius 2 is 0.941 bits per heavy atom. The van der Waals surface area contributed by atoms with Gasteiger partial charge in [-0.25, -0.2) is 0 Å². The Kier molecular flexibility index (Phi) is 4.51. The van der Waals surface area contributed by atoms with Crippen LogP contribution in [0.4, 0.5) is 22.7 Å². The van der Waals surface area contributed by atoms with Gasteiger partial charge in [0.1, 0.15) is 0 Å². The predicted molar refractivity (Wildman–Crippen MR) is 141 cm³/mol. The van der Waals surface area contributed by atoms with E-state index in [1.54, 1.807) is 0 Å². The largest absolute Gasteiger partial charge is 0.355 e. The van der Waals surface area contributed by atoms with E-state index in [2.05, 4.69) is 83.4 Å². The number of nitrogens with one attached hydrogen (secondary N) is 2. The summed E-state index contributed by atoms with van der Waals surface area (Å²) in [5.41, 5.74) is 12.0. The molecule has 0 fully saturated rings. The second kappa shape index (κ2) is 7.84. The monoisotopic (exact) mass is 442 g/mol. The van der Waals surface area contributed by atoms with Crippen LogP contribution in [0.2, 0.25) is 0 Å². The molecule has 0 aliphatic heterocycles. The van der Waals surface area contributed by atoms with E-state index in [0.29, 0.717) is 0 Å². The van der Waals surface area contributed by atoms with E-state index in [4.69, 9.17) is 9.97 Å². The lowest BCUT2D eigenvalue weighted by Gasteiger charge is -2.17. The van der Waals surface area contributed by atoms with E-state index in [-0.39, 0.29) is 0 Å². The average Bonchev–Trinajstić information content (AvgIpc) is 3.54. The molecule has 166 valence electrons. The van der Waals surface area contributed by atoms with Crippen LogP contribution in [0.3, 0.4) is 0 Å². The molecule has 5 aromatic rings. The summed E-state index contributed by atoms with van der Waals surface area (Å²) in [7, 11) is 0. The van der Waals surface area contributed by atoms with Gasteiger partial charge in [0.15, 0.2) is 0 Å². The Morgan fingerprint density at radius 1 is 0.500 bits per heavy atom. The number of aromatic nitrogens is 2. The molecule has 2 heterocycles. The number of anilines is 4. The first-order valence-electron chi connectivity index (χ1n) is 12.3. The van der Waals surface area contributed by atoms with E-state index in [0.717, 1.165) is 48.1 Å². The summed E-state index contributed by atoms with van der Waals surface area (Å²) in [6, 6.07) is 25.6. The molecule has 2 aliphatic rings. The van der Waals surface area contributed by atoms with Crippen molar-refractivity contribution in [2.45, 2.75) is 38.5 Å². The van der Waals surface area contributed by atoms with Crippen LogP contribution in [-0.2, 0) is 25.7 Å². The van der Waals surface area contributed by atoms with Crippen molar-refractivity contribution in [3.63, 3.8) is 0 Å². The maximum atomic E-state index is 4.92. The first kappa shape index (κ1) is 19.5. The molecule has 3 aromatic carbocycles. The predicted octanol–water partition coefficient (Wildman–Crippen LogP) is 7.25. The Bertz CT molecular complexity index is 1430. The van der Waals surface area contributed by atoms with Gasteiger partial charge in [0.25, 0.3) is 0 Å². The number of aryl methyl sites for hydroxylation is 2. The van der Waals surface area contributed by atoms with Crippen molar-refractivity contribution in [2.75, 3.05) is 10.6 Å². The molecule has 0 unspecified atom stereocenters. The summed E-state index contributed by atoms with van der Waals surface area (Å²) in [6.45, 7) is 0. The maximum absolute atomic E-state index is 4.92. The molecule has 0 atom stereocenters. The molecular weight excluding hydrogens is 416 g/mol. The smallest absolute Gasteiger partial charge is 0.0726 e. The lowest BCUT2D eigenvalue weighted by Crippen LogP contribution is -2.01. The van der Waals surface area contributed by atoms with Gasteiger partial charge >= 0.3 is 0 Å². The summed E-state index contributed by atoms with van der Waals surface area (Å²) < 4.78 is 0. The van der Waals surface area contributed by atoms with Crippen LogP contribution in [0.1, 0.15) is 35.4 Å². The van der Waals surface area contributed by atoms with Gasteiger partial charge in [0, 0.05) is 33.5 Å². The SMILES string of the molecule is c1ccc2c(Nc3ccc(Nc4c5c(nc6ccccc46)CCC5)cc3)c3c(nc2c1)CCC3. The van der Waals surface area contributed by atoms with Crippen molar-refractivity contribution in [3.8, 4) is 0 Å². The molecule has 4 nitrogen and oxygen atoms in total. The normalized spacial score (nSPS) is 14.4. The van der Waals surface area contributed by atoms with Crippen molar-refractivity contribution in [3.05, 3.63) is 95.3 Å². The number of hydrogen-bond donors (Lipinski definition) is 2. The second-order valence-corrected chi connectivity index (χ2v) is 9.39. The van der Waals surface area contributed by atoms with Crippen LogP contribution in [0.25, 0.3) is 21.8 Å². The molecule has 2 N–H and O–H groups in total. The molecule has 0 spiro atoms. The van der Waals surface area contributed by atoms with Gasteiger partial charge in [-0.1, -0.05) is 36.4 Å². The fourth-order valence-corrected chi connectivity index (χ4v) is 5.63. The highest BCUT2D eigenvalue weighted by Gasteiger charge is 2.21. The third-order valence-corrected chi connectivity index (χ3v) is 7.26. The highest BCUT2D eigenvalue weighted by Crippen LogP contribution is 2.38. The van der Waals surface area contributed by atoms with Gasteiger partial charge < -0.3 is 10.6 Å². The molecule has 2 aliphatic carbocycles. The van der Waals surface area contributed by atoms with Crippen LogP contribution in [-0.4, -0.2) is 9.97 Å². The first-order chi connectivity index (χ1) is 16.8. The zero-order chi connectivity index (χ0) is 22.5. The minimum atomic E-state index is 1.07. The lowest BCUT2D eigenvalue weighted by molar-refractivity contribution is 0.901. The van der Waals surface area contributed by atoms with Crippen molar-refractivity contribution in [2.24, 2.45) is 0 Å². The highest BCUT2D eigenvalue weighted by atomic mass is 14.9. The lowest BCUT2D eigenvalue weighted by atomic mass is 10.1. The van der Waals surface area contributed by atoms with Crippen LogP contribution >= 0.6 is 0 Å². The van der Waals surface area contributed by atoms with E-state index in [1.807, 2.05) is 0 Å². The van der Waals surface area contributed by atoms with Crippen molar-refractivity contribution in [1.82, 2.24) is 9.97 Å². The number of fused-ring (bicyclic) bond motifs is 4. The summed E-state index contributed by atoms with van der Waals surface area (Å²) in [5.74, 6) is 0. The fraction of sp³-hybridized carbons (Fsp3) is 0.200. The summed E-state index contributed by atoms with van der Waals surface area (Å²) in [6.07, 6.45) is 6.69. The van der Waals surface area contributed by atoms with Gasteiger partial charge in [-0.15, -0.1) is 0 Å². The summed E-state index contributed by atoms with van der Waals surface area (Å²) in [4.78, 5) is 9.83. The summed E-state index contributed by atoms with van der Waals surface area (Å²) in [5, 5.41) is 9.86. The van der Waals surface area contributed by atoms with Gasteiger partial charge in [-0.2, -0.15) is 0 Å². The Balaban J connectivity index is 1.23. The molecule has 2 aromatic heterocycles. The third-order valence-electron chi connectivity index (χ3n) is 7.26. The third kappa shape index (κ3) is 3.21. The minimum absolute atomic E-state index is 1.07. The Morgan fingerprint density at radius 3 is 1.41 bits per heavy atom. The van der Waals surface area contributed by atoms with Crippen LogP contribution in [0.5, 0.6) is 0 Å². The Hall–Kier alpha value is -3.92. The molecule has 34 heavy (non-hydrogen) atoms. The number of nitrogens with zero attached hydrogens (tertiary/aromatic N) is 2. The van der Waals surface area contributed by atoms with Crippen molar-refractivity contribution >= 4 is 44.6 Å². The number of pyridine rings is 2. The molecule has 0 bridgehead atoms. The van der Waals surface area contributed by atoms with Crippen LogP contribution in [0, 0.1) is 0 Å². The highest BCUT2D eigenvalue weighted by molar-refractivity contribution is 5.97. The molecule has 0 radical (unpaired) electrons. The van der Waals surface area contributed by atoms with Gasteiger partial charge in [0.2, 0.25) is 0 Å². The molecular formula is C30H26N4. The summed E-state index contributed by atoms with van der Waals surface area (Å²) >= 11 is 0. The number of para-hydroxylation sites is 2. The topological polar surface area (TPSA) is 49.8 Å². The molecule has 0 saturated heterocycles. The molecule has 4 heteroatoms. The van der Waals surface area contributed by atoms with Crippen LogP contribution in [0.15, 0.2) is 72.8 Å². The molecule has 0 amide bonds. The van der Waals surface area contributed by atoms with E-state index < -0.39 is 0 Å². The van der Waals surface area contributed by atoms with E-state index >= 15 is 0 Å². The second-order valence-electron chi connectivity index (χ2n) is 9.39. The maximum Gasteiger partial charge on any atom is 0.0726 e. The van der Waals surface area contributed by atoms with E-state index in [9.17, 15) is 0 Å². The zero-order valence-electron chi connectivity index (χ0n) is 19.1. The number of hydrogen-bond acceptors (Lipinski definition) is 4.